The molecule has 0 heterocycles. The second kappa shape index (κ2) is 1.29. The van der Waals surface area contributed by atoms with Crippen LogP contribution in [0.15, 0.2) is 0 Å². The highest BCUT2D eigenvalue weighted by molar-refractivity contribution is 5.03. The van der Waals surface area contributed by atoms with Crippen LogP contribution in [0.2, 0.25) is 0 Å². The molecule has 2 unspecified atom stereocenters. The quantitative estimate of drug-likeness (QED) is 0.486. The van der Waals surface area contributed by atoms with Crippen molar-refractivity contribution in [2.24, 2.45) is 23.7 Å². The number of rotatable bonds is 1. The minimum atomic E-state index is 0.971. The van der Waals surface area contributed by atoms with Crippen molar-refractivity contribution < 1.29 is 0 Å². The molecule has 2 aliphatic carbocycles. The smallest absolute Gasteiger partial charge is 0.0352 e. The Morgan fingerprint density at radius 1 is 1.25 bits per heavy atom. The van der Waals surface area contributed by atoms with Gasteiger partial charge in [-0.15, -0.1) is 0 Å². The Balaban J connectivity index is 1.92. The minimum Gasteiger partial charge on any atom is -0.0625 e. The summed E-state index contributed by atoms with van der Waals surface area (Å²) in [4.78, 5) is 0. The zero-order chi connectivity index (χ0) is 5.72. The molecular formula is C8H14. The van der Waals surface area contributed by atoms with Crippen LogP contribution in [-0.4, -0.2) is 0 Å². The molecule has 0 saturated heterocycles. The second-order valence-corrected chi connectivity index (χ2v) is 3.80. The van der Waals surface area contributed by atoms with Gasteiger partial charge in [0.15, 0.2) is 0 Å². The fourth-order valence-corrected chi connectivity index (χ4v) is 2.16. The molecule has 2 rings (SSSR count). The average molecular weight is 110 g/mol. The number of fused-ring (bicyclic) bond motifs is 1. The van der Waals surface area contributed by atoms with E-state index in [1.165, 1.54) is 11.8 Å². The zero-order valence-corrected chi connectivity index (χ0v) is 5.72. The van der Waals surface area contributed by atoms with Gasteiger partial charge in [-0.2, -0.15) is 0 Å². The molecule has 3 atom stereocenters. The van der Waals surface area contributed by atoms with Crippen molar-refractivity contribution in [3.63, 3.8) is 0 Å². The molecule has 0 nitrogen and oxygen atoms in total. The Hall–Kier alpha value is 0. The first-order valence-electron chi connectivity index (χ1n) is 3.79. The first-order valence-corrected chi connectivity index (χ1v) is 3.79. The lowest BCUT2D eigenvalue weighted by Gasteiger charge is -2.28. The monoisotopic (exact) mass is 110 g/mol. The normalized spacial score (nSPS) is 50.6. The van der Waals surface area contributed by atoms with Crippen molar-refractivity contribution >= 4 is 0 Å². The van der Waals surface area contributed by atoms with Gasteiger partial charge >= 0.3 is 0 Å². The number of hydrogen-bond donors (Lipinski definition) is 0. The third kappa shape index (κ3) is 0.463. The summed E-state index contributed by atoms with van der Waals surface area (Å²) in [5.41, 5.74) is 0. The van der Waals surface area contributed by atoms with Crippen LogP contribution in [-0.2, 0) is 0 Å². The van der Waals surface area contributed by atoms with Gasteiger partial charge in [-0.1, -0.05) is 13.8 Å². The fourth-order valence-electron chi connectivity index (χ4n) is 2.16. The van der Waals surface area contributed by atoms with E-state index in [0.29, 0.717) is 0 Å². The average Bonchev–Trinajstić information content (AvgIpc) is 2.13. The van der Waals surface area contributed by atoms with E-state index >= 15 is 0 Å². The molecule has 0 spiro atoms. The van der Waals surface area contributed by atoms with Crippen LogP contribution < -0.4 is 0 Å². The van der Waals surface area contributed by atoms with Gasteiger partial charge in [-0.05, 0) is 36.5 Å². The molecule has 0 N–H and O–H groups in total. The summed E-state index contributed by atoms with van der Waals surface area (Å²) in [6, 6.07) is 0. The predicted molar refractivity (Wildman–Crippen MR) is 34.5 cm³/mol. The van der Waals surface area contributed by atoms with Gasteiger partial charge in [-0.25, -0.2) is 0 Å². The summed E-state index contributed by atoms with van der Waals surface area (Å²) in [6.07, 6.45) is 3.13. The standard InChI is InChI=1S/C8H14/c1-5(2)7-3-6-4-8(6)7/h5-8H,3-4H2,1-2H3/t6?,7?,8-/m1/s1. The van der Waals surface area contributed by atoms with Crippen LogP contribution in [0.4, 0.5) is 0 Å². The lowest BCUT2D eigenvalue weighted by Crippen LogP contribution is -2.20. The summed E-state index contributed by atoms with van der Waals surface area (Å²) in [5, 5.41) is 0. The van der Waals surface area contributed by atoms with Gasteiger partial charge in [0.05, 0.1) is 0 Å². The van der Waals surface area contributed by atoms with Crippen molar-refractivity contribution in [3.8, 4) is 0 Å². The van der Waals surface area contributed by atoms with Crippen LogP contribution in [0, 0.1) is 23.7 Å². The SMILES string of the molecule is CC(C)C1CC2C[C@H]21. The summed E-state index contributed by atoms with van der Waals surface area (Å²) >= 11 is 0. The van der Waals surface area contributed by atoms with Crippen LogP contribution >= 0.6 is 0 Å². The highest BCUT2D eigenvalue weighted by Gasteiger charge is 2.53. The van der Waals surface area contributed by atoms with E-state index < -0.39 is 0 Å². The van der Waals surface area contributed by atoms with Crippen molar-refractivity contribution in [2.45, 2.75) is 26.7 Å². The maximum Gasteiger partial charge on any atom is -0.0352 e. The molecule has 8 heavy (non-hydrogen) atoms. The molecule has 0 aromatic rings. The molecule has 2 saturated carbocycles. The predicted octanol–water partition coefficient (Wildman–Crippen LogP) is 2.30. The molecular weight excluding hydrogens is 96.1 g/mol. The highest BCUT2D eigenvalue weighted by atomic mass is 14.6. The van der Waals surface area contributed by atoms with Gasteiger partial charge in [-0.3, -0.25) is 0 Å². The molecule has 0 aromatic carbocycles. The maximum atomic E-state index is 2.36. The molecule has 0 amide bonds. The largest absolute Gasteiger partial charge is 0.0625 e. The summed E-state index contributed by atoms with van der Waals surface area (Å²) in [7, 11) is 0. The van der Waals surface area contributed by atoms with Gasteiger partial charge in [0.1, 0.15) is 0 Å². The van der Waals surface area contributed by atoms with Crippen LogP contribution in [0.25, 0.3) is 0 Å². The van der Waals surface area contributed by atoms with Crippen LogP contribution in [0.1, 0.15) is 26.7 Å². The lowest BCUT2D eigenvalue weighted by atomic mass is 9.77. The molecule has 46 valence electrons. The van der Waals surface area contributed by atoms with Gasteiger partial charge < -0.3 is 0 Å². The Bertz CT molecular complexity index is 103. The highest BCUT2D eigenvalue weighted by Crippen LogP contribution is 2.61. The van der Waals surface area contributed by atoms with Gasteiger partial charge in [0, 0.05) is 0 Å². The van der Waals surface area contributed by atoms with E-state index in [2.05, 4.69) is 13.8 Å². The molecule has 0 radical (unpaired) electrons. The van der Waals surface area contributed by atoms with Crippen molar-refractivity contribution in [1.29, 1.82) is 0 Å². The Morgan fingerprint density at radius 3 is 2.12 bits per heavy atom. The molecule has 0 aliphatic heterocycles. The van der Waals surface area contributed by atoms with Crippen LogP contribution in [0.3, 0.4) is 0 Å². The van der Waals surface area contributed by atoms with Crippen LogP contribution in [0.5, 0.6) is 0 Å². The molecule has 0 aromatic heterocycles. The molecule has 0 bridgehead atoms. The summed E-state index contributed by atoms with van der Waals surface area (Å²) < 4.78 is 0. The zero-order valence-electron chi connectivity index (χ0n) is 5.72. The fraction of sp³-hybridized carbons (Fsp3) is 1.00. The first kappa shape index (κ1) is 4.84. The number of hydrogen-bond acceptors (Lipinski definition) is 0. The molecule has 2 fully saturated rings. The van der Waals surface area contributed by atoms with E-state index in [4.69, 9.17) is 0 Å². The van der Waals surface area contributed by atoms with E-state index in [-0.39, 0.29) is 0 Å². The topological polar surface area (TPSA) is 0 Å². The van der Waals surface area contributed by atoms with E-state index in [1.54, 1.807) is 12.8 Å². The van der Waals surface area contributed by atoms with E-state index in [0.717, 1.165) is 11.8 Å². The van der Waals surface area contributed by atoms with E-state index in [9.17, 15) is 0 Å². The Labute approximate surface area is 51.3 Å². The van der Waals surface area contributed by atoms with Gasteiger partial charge in [0.25, 0.3) is 0 Å². The molecule has 0 heteroatoms. The Kier molecular flexibility index (Phi) is 0.778. The maximum absolute atomic E-state index is 2.36. The third-order valence-corrected chi connectivity index (χ3v) is 2.96. The minimum absolute atomic E-state index is 0.971. The second-order valence-electron chi connectivity index (χ2n) is 3.80. The lowest BCUT2D eigenvalue weighted by molar-refractivity contribution is 0.213. The summed E-state index contributed by atoms with van der Waals surface area (Å²) in [6.45, 7) is 4.72. The van der Waals surface area contributed by atoms with Crippen molar-refractivity contribution in [3.05, 3.63) is 0 Å². The third-order valence-electron chi connectivity index (χ3n) is 2.96. The van der Waals surface area contributed by atoms with Gasteiger partial charge in [0.2, 0.25) is 0 Å². The van der Waals surface area contributed by atoms with Crippen molar-refractivity contribution in [2.75, 3.05) is 0 Å². The summed E-state index contributed by atoms with van der Waals surface area (Å²) in [5.74, 6) is 4.48. The van der Waals surface area contributed by atoms with Crippen molar-refractivity contribution in [1.82, 2.24) is 0 Å². The Morgan fingerprint density at radius 2 is 2.00 bits per heavy atom. The van der Waals surface area contributed by atoms with E-state index in [1.807, 2.05) is 0 Å². The molecule has 2 aliphatic rings. The first-order chi connectivity index (χ1) is 3.79.